The fourth-order valence-electron chi connectivity index (χ4n) is 3.06. The minimum absolute atomic E-state index is 0.0688. The molecule has 1 fully saturated rings. The highest BCUT2D eigenvalue weighted by Gasteiger charge is 2.26. The van der Waals surface area contributed by atoms with Crippen molar-refractivity contribution in [1.82, 2.24) is 10.2 Å². The number of esters is 1. The molecule has 3 N–H and O–H groups in total. The summed E-state index contributed by atoms with van der Waals surface area (Å²) >= 11 is 0. The number of hydrogen-bond acceptors (Lipinski definition) is 5. The van der Waals surface area contributed by atoms with Crippen LogP contribution in [0.3, 0.4) is 0 Å². The van der Waals surface area contributed by atoms with Crippen LogP contribution in [0.25, 0.3) is 0 Å². The molecule has 1 saturated heterocycles. The number of likely N-dealkylation sites (tertiary alicyclic amines) is 1. The molecule has 1 aliphatic rings. The fourth-order valence-corrected chi connectivity index (χ4v) is 3.06. The molecule has 1 heterocycles. The summed E-state index contributed by atoms with van der Waals surface area (Å²) in [4.78, 5) is 48.4. The molecule has 27 heavy (non-hydrogen) atoms. The zero-order valence-corrected chi connectivity index (χ0v) is 15.3. The van der Waals surface area contributed by atoms with Crippen LogP contribution >= 0.6 is 0 Å². The van der Waals surface area contributed by atoms with Crippen molar-refractivity contribution in [3.63, 3.8) is 0 Å². The molecule has 1 aliphatic heterocycles. The van der Waals surface area contributed by atoms with E-state index >= 15 is 0 Å². The van der Waals surface area contributed by atoms with E-state index < -0.39 is 12.0 Å². The zero-order valence-electron chi connectivity index (χ0n) is 15.3. The predicted molar refractivity (Wildman–Crippen MR) is 97.1 cm³/mol. The minimum atomic E-state index is -0.571. The van der Waals surface area contributed by atoms with Gasteiger partial charge >= 0.3 is 5.97 Å². The Hall–Kier alpha value is -2.90. The highest BCUT2D eigenvalue weighted by atomic mass is 16.5. The third-order valence-corrected chi connectivity index (χ3v) is 4.56. The number of rotatable bonds is 7. The molecule has 0 radical (unpaired) electrons. The van der Waals surface area contributed by atoms with E-state index in [2.05, 4.69) is 5.32 Å². The number of carbonyl (C=O) groups excluding carboxylic acids is 4. The van der Waals surface area contributed by atoms with Crippen LogP contribution in [0.1, 0.15) is 37.8 Å². The Morgan fingerprint density at radius 2 is 1.81 bits per heavy atom. The first-order valence-corrected chi connectivity index (χ1v) is 8.91. The smallest absolute Gasteiger partial charge is 0.308 e. The van der Waals surface area contributed by atoms with Crippen molar-refractivity contribution < 1.29 is 23.9 Å². The number of carbonyl (C=O) groups is 4. The lowest BCUT2D eigenvalue weighted by atomic mass is 9.96. The summed E-state index contributed by atoms with van der Waals surface area (Å²) < 4.78 is 5.09. The SMILES string of the molecule is CC(=O)N[C@H](CC(=O)OCC(=O)N1CCC(C(N)=O)CC1)c1ccccc1. The van der Waals surface area contributed by atoms with Crippen molar-refractivity contribution in [2.45, 2.75) is 32.2 Å². The first kappa shape index (κ1) is 20.4. The maximum absolute atomic E-state index is 12.2. The predicted octanol–water partition coefficient (Wildman–Crippen LogP) is 0.521. The summed E-state index contributed by atoms with van der Waals surface area (Å²) in [5.74, 6) is -1.69. The summed E-state index contributed by atoms with van der Waals surface area (Å²) in [5, 5.41) is 2.71. The second-order valence-electron chi connectivity index (χ2n) is 6.59. The molecule has 8 nitrogen and oxygen atoms in total. The van der Waals surface area contributed by atoms with E-state index in [-0.39, 0.29) is 36.7 Å². The highest BCUT2D eigenvalue weighted by Crippen LogP contribution is 2.18. The minimum Gasteiger partial charge on any atom is -0.455 e. The van der Waals surface area contributed by atoms with E-state index in [0.29, 0.717) is 25.9 Å². The molecule has 1 aromatic rings. The number of hydrogen-bond donors (Lipinski definition) is 2. The van der Waals surface area contributed by atoms with Gasteiger partial charge in [0.05, 0.1) is 12.5 Å². The Balaban J connectivity index is 1.82. The van der Waals surface area contributed by atoms with Gasteiger partial charge in [-0.3, -0.25) is 19.2 Å². The van der Waals surface area contributed by atoms with Gasteiger partial charge in [0.25, 0.3) is 5.91 Å². The molecule has 3 amide bonds. The molecular formula is C19H25N3O5. The largest absolute Gasteiger partial charge is 0.455 e. The first-order chi connectivity index (χ1) is 12.9. The van der Waals surface area contributed by atoms with Gasteiger partial charge in [-0.25, -0.2) is 0 Å². The summed E-state index contributed by atoms with van der Waals surface area (Å²) in [5.41, 5.74) is 6.06. The van der Waals surface area contributed by atoms with Crippen molar-refractivity contribution in [3.8, 4) is 0 Å². The number of nitrogens with zero attached hydrogens (tertiary/aromatic N) is 1. The van der Waals surface area contributed by atoms with Crippen LogP contribution in [0.5, 0.6) is 0 Å². The zero-order chi connectivity index (χ0) is 19.8. The topological polar surface area (TPSA) is 119 Å². The Morgan fingerprint density at radius 1 is 1.19 bits per heavy atom. The number of amides is 3. The lowest BCUT2D eigenvalue weighted by Gasteiger charge is -2.30. The van der Waals surface area contributed by atoms with Crippen molar-refractivity contribution in [1.29, 1.82) is 0 Å². The fraction of sp³-hybridized carbons (Fsp3) is 0.474. The Bertz CT molecular complexity index is 684. The molecule has 146 valence electrons. The van der Waals surface area contributed by atoms with Gasteiger partial charge in [-0.2, -0.15) is 0 Å². The van der Waals surface area contributed by atoms with Crippen LogP contribution in [0.15, 0.2) is 30.3 Å². The average molecular weight is 375 g/mol. The van der Waals surface area contributed by atoms with Crippen molar-refractivity contribution in [3.05, 3.63) is 35.9 Å². The van der Waals surface area contributed by atoms with Gasteiger partial charge in [-0.1, -0.05) is 30.3 Å². The second kappa shape index (κ2) is 9.70. The number of nitrogens with two attached hydrogens (primary N) is 1. The summed E-state index contributed by atoms with van der Waals surface area (Å²) in [6, 6.07) is 8.57. The molecule has 0 spiro atoms. The first-order valence-electron chi connectivity index (χ1n) is 8.91. The summed E-state index contributed by atoms with van der Waals surface area (Å²) in [6.45, 7) is 1.85. The van der Waals surface area contributed by atoms with Crippen molar-refractivity contribution in [2.24, 2.45) is 11.7 Å². The van der Waals surface area contributed by atoms with E-state index in [9.17, 15) is 19.2 Å². The average Bonchev–Trinajstić information content (AvgIpc) is 2.66. The third-order valence-electron chi connectivity index (χ3n) is 4.56. The molecule has 0 aliphatic carbocycles. The van der Waals surface area contributed by atoms with E-state index in [1.54, 1.807) is 4.90 Å². The lowest BCUT2D eigenvalue weighted by Crippen LogP contribution is -2.43. The number of benzene rings is 1. The molecular weight excluding hydrogens is 350 g/mol. The number of piperidine rings is 1. The molecule has 0 saturated carbocycles. The molecule has 0 unspecified atom stereocenters. The Labute approximate surface area is 158 Å². The van der Waals surface area contributed by atoms with Crippen LogP contribution in [-0.4, -0.2) is 48.3 Å². The Kier molecular flexibility index (Phi) is 7.34. The van der Waals surface area contributed by atoms with Crippen LogP contribution in [0, 0.1) is 5.92 Å². The van der Waals surface area contributed by atoms with Gasteiger partial charge in [-0.05, 0) is 18.4 Å². The number of ether oxygens (including phenoxy) is 1. The number of nitrogens with one attached hydrogen (secondary N) is 1. The molecule has 0 bridgehead atoms. The van der Waals surface area contributed by atoms with Gasteiger partial charge in [0.2, 0.25) is 11.8 Å². The van der Waals surface area contributed by atoms with Gasteiger partial charge < -0.3 is 20.7 Å². The van der Waals surface area contributed by atoms with Crippen LogP contribution in [-0.2, 0) is 23.9 Å². The normalized spacial score (nSPS) is 15.7. The quantitative estimate of drug-likeness (QED) is 0.674. The van der Waals surface area contributed by atoms with Crippen LogP contribution in [0.4, 0.5) is 0 Å². The monoisotopic (exact) mass is 375 g/mol. The van der Waals surface area contributed by atoms with E-state index in [0.717, 1.165) is 5.56 Å². The maximum atomic E-state index is 12.2. The van der Waals surface area contributed by atoms with Crippen LogP contribution in [0.2, 0.25) is 0 Å². The number of primary amides is 1. The van der Waals surface area contributed by atoms with Crippen molar-refractivity contribution in [2.75, 3.05) is 19.7 Å². The molecule has 2 rings (SSSR count). The molecule has 1 atom stereocenters. The Morgan fingerprint density at radius 3 is 2.37 bits per heavy atom. The summed E-state index contributed by atoms with van der Waals surface area (Å²) in [6.07, 6.45) is 0.974. The van der Waals surface area contributed by atoms with Gasteiger partial charge in [0, 0.05) is 25.9 Å². The standard InChI is InChI=1S/C19H25N3O5/c1-13(23)21-16(14-5-3-2-4-6-14)11-18(25)27-12-17(24)22-9-7-15(8-10-22)19(20)26/h2-6,15-16H,7-12H2,1H3,(H2,20,26)(H,21,23)/t16-/m1/s1. The third kappa shape index (κ3) is 6.40. The van der Waals surface area contributed by atoms with E-state index in [1.165, 1.54) is 6.92 Å². The van der Waals surface area contributed by atoms with Gasteiger partial charge in [-0.15, -0.1) is 0 Å². The van der Waals surface area contributed by atoms with Gasteiger partial charge in [0.15, 0.2) is 6.61 Å². The van der Waals surface area contributed by atoms with Gasteiger partial charge in [0.1, 0.15) is 0 Å². The summed E-state index contributed by atoms with van der Waals surface area (Å²) in [7, 11) is 0. The highest BCUT2D eigenvalue weighted by molar-refractivity contribution is 5.82. The van der Waals surface area contributed by atoms with Crippen molar-refractivity contribution >= 4 is 23.7 Å². The lowest BCUT2D eigenvalue weighted by molar-refractivity contribution is -0.153. The maximum Gasteiger partial charge on any atom is 0.308 e. The molecule has 0 aromatic heterocycles. The molecule has 8 heteroatoms. The second-order valence-corrected chi connectivity index (χ2v) is 6.59. The van der Waals surface area contributed by atoms with Crippen LogP contribution < -0.4 is 11.1 Å². The molecule has 1 aromatic carbocycles. The van der Waals surface area contributed by atoms with E-state index in [1.807, 2.05) is 30.3 Å². The van der Waals surface area contributed by atoms with E-state index in [4.69, 9.17) is 10.5 Å².